The number of nitrogens with one attached hydrogen (secondary N) is 1. The molecular weight excluding hydrogens is 567 g/mol. The maximum absolute atomic E-state index is 13.8. The third kappa shape index (κ3) is 7.14. The van der Waals surface area contributed by atoms with Gasteiger partial charge in [-0.1, -0.05) is 59.1 Å². The quantitative estimate of drug-likeness (QED) is 0.362. The zero-order chi connectivity index (χ0) is 29.8. The number of nitrogens with zero attached hydrogens (tertiary/aromatic N) is 2. The van der Waals surface area contributed by atoms with Crippen molar-refractivity contribution in [3.05, 3.63) is 94.0 Å². The third-order valence-electron chi connectivity index (χ3n) is 6.28. The molecule has 0 aliphatic rings. The number of amides is 2. The van der Waals surface area contributed by atoms with Crippen LogP contribution in [0.15, 0.2) is 71.6 Å². The molecule has 2 amide bonds. The fourth-order valence-corrected chi connectivity index (χ4v) is 5.68. The van der Waals surface area contributed by atoms with Crippen LogP contribution in [0.1, 0.15) is 29.2 Å². The highest BCUT2D eigenvalue weighted by molar-refractivity contribution is 7.92. The zero-order valence-electron chi connectivity index (χ0n) is 22.3. The first kappa shape index (κ1) is 31.0. The van der Waals surface area contributed by atoms with Crippen LogP contribution in [-0.4, -0.2) is 44.8 Å². The van der Waals surface area contributed by atoms with Crippen LogP contribution in [0, 0.1) is 13.8 Å². The van der Waals surface area contributed by atoms with E-state index in [9.17, 15) is 31.2 Å². The average Bonchev–Trinajstić information content (AvgIpc) is 2.89. The van der Waals surface area contributed by atoms with Crippen molar-refractivity contribution in [1.29, 1.82) is 0 Å². The van der Waals surface area contributed by atoms with Crippen molar-refractivity contribution in [2.75, 3.05) is 17.9 Å². The van der Waals surface area contributed by atoms with Crippen molar-refractivity contribution < 1.29 is 31.2 Å². The molecule has 40 heavy (non-hydrogen) atoms. The molecule has 214 valence electrons. The summed E-state index contributed by atoms with van der Waals surface area (Å²) in [6.45, 7) is 4.17. The summed E-state index contributed by atoms with van der Waals surface area (Å²) in [6.07, 6.45) is -4.87. The molecule has 1 unspecified atom stereocenters. The minimum Gasteiger partial charge on any atom is -0.357 e. The van der Waals surface area contributed by atoms with Crippen LogP contribution < -0.4 is 9.62 Å². The van der Waals surface area contributed by atoms with Gasteiger partial charge in [-0.15, -0.1) is 0 Å². The molecule has 12 heteroatoms. The van der Waals surface area contributed by atoms with Gasteiger partial charge in [0, 0.05) is 13.6 Å². The first-order valence-corrected chi connectivity index (χ1v) is 14.0. The molecular formula is C28H29ClF3N3O4S. The summed E-state index contributed by atoms with van der Waals surface area (Å²) in [5.41, 5.74) is 0.688. The fourth-order valence-electron chi connectivity index (χ4n) is 4.05. The number of rotatable bonds is 9. The molecule has 0 fully saturated rings. The molecule has 7 nitrogen and oxygen atoms in total. The Hall–Kier alpha value is -3.57. The number of halogens is 4. The monoisotopic (exact) mass is 595 g/mol. The zero-order valence-corrected chi connectivity index (χ0v) is 23.9. The molecule has 1 atom stereocenters. The second kappa shape index (κ2) is 12.3. The minimum absolute atomic E-state index is 0.0397. The summed E-state index contributed by atoms with van der Waals surface area (Å²) in [5, 5.41) is 1.85. The van der Waals surface area contributed by atoms with Gasteiger partial charge >= 0.3 is 6.18 Å². The highest BCUT2D eigenvalue weighted by Gasteiger charge is 2.36. The molecule has 3 aromatic rings. The Morgan fingerprint density at radius 3 is 2.20 bits per heavy atom. The third-order valence-corrected chi connectivity index (χ3v) is 8.40. The van der Waals surface area contributed by atoms with Crippen molar-refractivity contribution in [2.24, 2.45) is 0 Å². The Bertz CT molecular complexity index is 1500. The Kier molecular flexibility index (Phi) is 9.52. The SMILES string of the molecule is CNC(=O)C(C)N(Cc1cccc(C)c1)C(=O)CN(c1ccc(Cl)c(C(F)(F)F)c1)S(=O)(=O)c1ccc(C)cc1. The van der Waals surface area contributed by atoms with Crippen LogP contribution >= 0.6 is 11.6 Å². The van der Waals surface area contributed by atoms with Gasteiger partial charge in [0.25, 0.3) is 10.0 Å². The molecule has 3 aromatic carbocycles. The molecule has 0 aliphatic heterocycles. The number of sulfonamides is 1. The average molecular weight is 596 g/mol. The number of carbonyl (C=O) groups is 2. The fraction of sp³-hybridized carbons (Fsp3) is 0.286. The van der Waals surface area contributed by atoms with Crippen LogP contribution in [0.3, 0.4) is 0 Å². The first-order valence-electron chi connectivity index (χ1n) is 12.2. The Balaban J connectivity index is 2.13. The van der Waals surface area contributed by atoms with E-state index < -0.39 is 56.9 Å². The van der Waals surface area contributed by atoms with Gasteiger partial charge in [-0.3, -0.25) is 13.9 Å². The normalized spacial score (nSPS) is 12.5. The number of likely N-dealkylation sites (N-methyl/N-ethyl adjacent to an activating group) is 1. The molecule has 0 spiro atoms. The number of aryl methyl sites for hydroxylation is 2. The van der Waals surface area contributed by atoms with Crippen LogP contribution in [-0.2, 0) is 32.3 Å². The van der Waals surface area contributed by atoms with Gasteiger partial charge in [-0.25, -0.2) is 8.42 Å². The maximum Gasteiger partial charge on any atom is 0.417 e. The maximum atomic E-state index is 13.8. The summed E-state index contributed by atoms with van der Waals surface area (Å²) in [7, 11) is -3.13. The number of carbonyl (C=O) groups excluding carboxylic acids is 2. The minimum atomic E-state index is -4.87. The lowest BCUT2D eigenvalue weighted by Gasteiger charge is -2.32. The van der Waals surface area contributed by atoms with Crippen LogP contribution in [0.5, 0.6) is 0 Å². The molecule has 0 bridgehead atoms. The van der Waals surface area contributed by atoms with E-state index in [0.29, 0.717) is 15.9 Å². The molecule has 3 rings (SSSR count). The Labute approximate surface area is 236 Å². The van der Waals surface area contributed by atoms with Crippen LogP contribution in [0.2, 0.25) is 5.02 Å². The summed E-state index contributed by atoms with van der Waals surface area (Å²) in [5.74, 6) is -1.29. The smallest absolute Gasteiger partial charge is 0.357 e. The van der Waals surface area contributed by atoms with E-state index in [2.05, 4.69) is 5.32 Å². The van der Waals surface area contributed by atoms with Gasteiger partial charge in [0.05, 0.1) is 21.2 Å². The van der Waals surface area contributed by atoms with E-state index in [1.54, 1.807) is 19.1 Å². The molecule has 0 saturated carbocycles. The number of anilines is 1. The molecule has 0 radical (unpaired) electrons. The molecule has 0 heterocycles. The van der Waals surface area contributed by atoms with E-state index in [1.807, 2.05) is 19.1 Å². The second-order valence-electron chi connectivity index (χ2n) is 9.29. The number of hydrogen-bond acceptors (Lipinski definition) is 4. The summed E-state index contributed by atoms with van der Waals surface area (Å²) in [6, 6.07) is 14.5. The molecule has 0 aliphatic carbocycles. The van der Waals surface area contributed by atoms with Gasteiger partial charge in [0.15, 0.2) is 0 Å². The Morgan fingerprint density at radius 2 is 1.62 bits per heavy atom. The highest BCUT2D eigenvalue weighted by Crippen LogP contribution is 2.38. The van der Waals surface area contributed by atoms with Crippen LogP contribution in [0.25, 0.3) is 0 Å². The summed E-state index contributed by atoms with van der Waals surface area (Å²) < 4.78 is 69.2. The lowest BCUT2D eigenvalue weighted by molar-refractivity contribution is -0.139. The van der Waals surface area contributed by atoms with E-state index in [1.165, 1.54) is 43.1 Å². The van der Waals surface area contributed by atoms with Crippen molar-refractivity contribution in [3.63, 3.8) is 0 Å². The Morgan fingerprint density at radius 1 is 0.975 bits per heavy atom. The predicted octanol–water partition coefficient (Wildman–Crippen LogP) is 5.33. The second-order valence-corrected chi connectivity index (χ2v) is 11.6. The van der Waals surface area contributed by atoms with Gasteiger partial charge in [0.2, 0.25) is 11.8 Å². The van der Waals surface area contributed by atoms with Crippen molar-refractivity contribution in [1.82, 2.24) is 10.2 Å². The summed E-state index contributed by atoms with van der Waals surface area (Å²) >= 11 is 5.78. The molecule has 1 N–H and O–H groups in total. The lowest BCUT2D eigenvalue weighted by Crippen LogP contribution is -2.50. The standard InChI is InChI=1S/C28H29ClF3N3O4S/c1-18-8-11-23(12-9-18)40(38,39)35(22-10-13-25(29)24(15-22)28(30,31)32)17-26(36)34(20(3)27(37)33-4)16-21-7-5-6-19(2)14-21/h5-15,20H,16-17H2,1-4H3,(H,33,37). The first-order chi connectivity index (χ1) is 18.6. The van der Waals surface area contributed by atoms with Gasteiger partial charge in [0.1, 0.15) is 12.6 Å². The van der Waals surface area contributed by atoms with Crippen molar-refractivity contribution in [2.45, 2.75) is 44.4 Å². The lowest BCUT2D eigenvalue weighted by atomic mass is 10.1. The van der Waals surface area contributed by atoms with Gasteiger partial charge in [-0.05, 0) is 56.7 Å². The van der Waals surface area contributed by atoms with Crippen LogP contribution in [0.4, 0.5) is 18.9 Å². The van der Waals surface area contributed by atoms with E-state index in [0.717, 1.165) is 23.3 Å². The summed E-state index contributed by atoms with van der Waals surface area (Å²) in [4.78, 5) is 27.3. The highest BCUT2D eigenvalue weighted by atomic mass is 35.5. The van der Waals surface area contributed by atoms with Crippen molar-refractivity contribution >= 4 is 39.1 Å². The number of benzene rings is 3. The number of alkyl halides is 3. The predicted molar refractivity (Wildman–Crippen MR) is 147 cm³/mol. The van der Waals surface area contributed by atoms with Gasteiger partial charge in [-0.2, -0.15) is 13.2 Å². The largest absolute Gasteiger partial charge is 0.417 e. The molecule has 0 aromatic heterocycles. The van der Waals surface area contributed by atoms with E-state index in [-0.39, 0.29) is 11.4 Å². The van der Waals surface area contributed by atoms with E-state index >= 15 is 0 Å². The number of hydrogen-bond donors (Lipinski definition) is 1. The van der Waals surface area contributed by atoms with Gasteiger partial charge < -0.3 is 10.2 Å². The van der Waals surface area contributed by atoms with E-state index in [4.69, 9.17) is 11.6 Å². The van der Waals surface area contributed by atoms with Crippen molar-refractivity contribution in [3.8, 4) is 0 Å². The topological polar surface area (TPSA) is 86.8 Å². The molecule has 0 saturated heterocycles.